The molecule has 36 heavy (non-hydrogen) atoms. The molecule has 196 valence electrons. The molecule has 0 aliphatic carbocycles. The number of anilines is 1. The first kappa shape index (κ1) is 28.0. The summed E-state index contributed by atoms with van der Waals surface area (Å²) in [4.78, 5) is 6.69. The van der Waals surface area contributed by atoms with Crippen molar-refractivity contribution in [3.05, 3.63) is 53.2 Å². The summed E-state index contributed by atoms with van der Waals surface area (Å²) in [5.41, 5.74) is 13.0. The third kappa shape index (κ3) is 6.81. The maximum atomic E-state index is 6.30. The first-order valence-corrected chi connectivity index (χ1v) is 14.0. The summed E-state index contributed by atoms with van der Waals surface area (Å²) < 4.78 is 5.29. The van der Waals surface area contributed by atoms with Crippen LogP contribution in [0.1, 0.15) is 62.4 Å². The van der Waals surface area contributed by atoms with E-state index in [2.05, 4.69) is 84.5 Å². The Labute approximate surface area is 221 Å². The summed E-state index contributed by atoms with van der Waals surface area (Å²) in [6, 6.07) is 8.81. The molecular weight excluding hydrogens is 466 g/mol. The van der Waals surface area contributed by atoms with Gasteiger partial charge in [-0.25, -0.2) is 9.67 Å². The molecule has 1 aliphatic heterocycles. The predicted molar refractivity (Wildman–Crippen MR) is 158 cm³/mol. The number of nitrogens with two attached hydrogens (primary N) is 1. The fourth-order valence-electron chi connectivity index (χ4n) is 4.95. The number of likely N-dealkylation sites (tertiary alicyclic amines) is 1. The highest BCUT2D eigenvalue weighted by molar-refractivity contribution is 7.99. The number of piperidine rings is 1. The van der Waals surface area contributed by atoms with E-state index in [9.17, 15) is 0 Å². The lowest BCUT2D eigenvalue weighted by atomic mass is 9.95. The van der Waals surface area contributed by atoms with Gasteiger partial charge in [0.05, 0.1) is 17.4 Å². The lowest BCUT2D eigenvalue weighted by Gasteiger charge is -2.38. The van der Waals surface area contributed by atoms with Crippen molar-refractivity contribution in [1.82, 2.24) is 20.0 Å². The molecule has 0 bridgehead atoms. The zero-order valence-corrected chi connectivity index (χ0v) is 23.4. The van der Waals surface area contributed by atoms with Crippen molar-refractivity contribution in [2.75, 3.05) is 31.1 Å². The molecule has 0 spiro atoms. The number of hydrogen-bond acceptors (Lipinski definition) is 7. The number of rotatable bonds is 12. The molecule has 1 aliphatic rings. The molecule has 4 N–H and O–H groups in total. The summed E-state index contributed by atoms with van der Waals surface area (Å²) in [5.74, 6) is 1.12. The van der Waals surface area contributed by atoms with Gasteiger partial charge in [-0.3, -0.25) is 0 Å². The monoisotopic (exact) mass is 509 g/mol. The quantitative estimate of drug-likeness (QED) is 0.246. The molecular formula is C28H43N7S. The van der Waals surface area contributed by atoms with Crippen molar-refractivity contribution < 1.29 is 0 Å². The second-order valence-corrected chi connectivity index (χ2v) is 10.5. The molecule has 8 heteroatoms. The third-order valence-electron chi connectivity index (χ3n) is 6.94. The first-order valence-electron chi connectivity index (χ1n) is 12.8. The van der Waals surface area contributed by atoms with Crippen LogP contribution in [-0.4, -0.2) is 53.8 Å². The lowest BCUT2D eigenvalue weighted by Crippen LogP contribution is -2.37. The standard InChI is InChI=1S/C28H43N7S/c1-19-11-12-25(33-36-7)23(15-19)22(4)34-13-9-8-10-27(34)26-16-28(31-6)35(32-26)18-20(2)14-21(3)24(29)17-30-5/h11-12,15-16,18,21,24,27,30,33H,4,6,8-10,13-14,17,29H2,1-3,5,7H3/b20-18-. The van der Waals surface area contributed by atoms with Crippen LogP contribution >= 0.6 is 11.9 Å². The summed E-state index contributed by atoms with van der Waals surface area (Å²) in [7, 11) is 1.94. The Bertz CT molecular complexity index is 1070. The molecule has 0 saturated carbocycles. The maximum absolute atomic E-state index is 6.30. The number of aliphatic imine (C=N–C) groups is 1. The Morgan fingerprint density at radius 1 is 1.36 bits per heavy atom. The van der Waals surface area contributed by atoms with Crippen molar-refractivity contribution in [2.45, 2.75) is 58.5 Å². The minimum atomic E-state index is 0.109. The summed E-state index contributed by atoms with van der Waals surface area (Å²) in [5, 5.41) is 8.16. The van der Waals surface area contributed by atoms with Crippen LogP contribution in [0.25, 0.3) is 11.9 Å². The first-order chi connectivity index (χ1) is 17.3. The van der Waals surface area contributed by atoms with Gasteiger partial charge in [0, 0.05) is 48.9 Å². The molecule has 3 atom stereocenters. The molecule has 3 rings (SSSR count). The minimum absolute atomic E-state index is 0.109. The Hall–Kier alpha value is -2.55. The van der Waals surface area contributed by atoms with E-state index in [0.29, 0.717) is 5.92 Å². The van der Waals surface area contributed by atoms with E-state index in [0.717, 1.165) is 67.2 Å². The Morgan fingerprint density at radius 2 is 2.14 bits per heavy atom. The molecule has 7 nitrogen and oxygen atoms in total. The number of allylic oxidation sites excluding steroid dienone is 1. The number of likely N-dealkylation sites (N-methyl/N-ethyl adjacent to an activating group) is 1. The van der Waals surface area contributed by atoms with Gasteiger partial charge in [0.1, 0.15) is 0 Å². The van der Waals surface area contributed by atoms with Crippen molar-refractivity contribution >= 4 is 42.1 Å². The molecule has 0 amide bonds. The number of nitrogens with zero attached hydrogens (tertiary/aromatic N) is 4. The number of hydrogen-bond donors (Lipinski definition) is 3. The average Bonchev–Trinajstić information content (AvgIpc) is 3.27. The van der Waals surface area contributed by atoms with Crippen molar-refractivity contribution in [3.63, 3.8) is 0 Å². The van der Waals surface area contributed by atoms with Crippen LogP contribution in [0.2, 0.25) is 0 Å². The number of nitrogens with one attached hydrogen (secondary N) is 2. The second kappa shape index (κ2) is 13.1. The van der Waals surface area contributed by atoms with E-state index in [4.69, 9.17) is 10.8 Å². The summed E-state index contributed by atoms with van der Waals surface area (Å²) in [6.45, 7) is 16.6. The van der Waals surface area contributed by atoms with Gasteiger partial charge >= 0.3 is 0 Å². The number of aryl methyl sites for hydroxylation is 1. The normalized spacial score (nSPS) is 18.1. The van der Waals surface area contributed by atoms with Crippen molar-refractivity contribution in [1.29, 1.82) is 0 Å². The zero-order chi connectivity index (χ0) is 26.2. The minimum Gasteiger partial charge on any atom is -0.363 e. The van der Waals surface area contributed by atoms with Crippen LogP contribution in [-0.2, 0) is 0 Å². The molecule has 0 radical (unpaired) electrons. The van der Waals surface area contributed by atoms with E-state index < -0.39 is 0 Å². The highest BCUT2D eigenvalue weighted by Gasteiger charge is 2.29. The van der Waals surface area contributed by atoms with Gasteiger partial charge in [0.15, 0.2) is 5.82 Å². The van der Waals surface area contributed by atoms with Gasteiger partial charge in [0.25, 0.3) is 0 Å². The fraction of sp³-hybridized carbons (Fsp3) is 0.500. The number of aromatic nitrogens is 2. The Kier molecular flexibility index (Phi) is 10.2. The average molecular weight is 510 g/mol. The molecule has 1 aromatic carbocycles. The highest BCUT2D eigenvalue weighted by Crippen LogP contribution is 2.39. The molecule has 3 unspecified atom stereocenters. The van der Waals surface area contributed by atoms with E-state index in [1.54, 1.807) is 11.9 Å². The fourth-order valence-corrected chi connectivity index (χ4v) is 5.35. The lowest BCUT2D eigenvalue weighted by molar-refractivity contribution is 0.226. The molecule has 1 aromatic heterocycles. The van der Waals surface area contributed by atoms with Crippen LogP contribution < -0.4 is 15.8 Å². The Balaban J connectivity index is 1.88. The van der Waals surface area contributed by atoms with Gasteiger partial charge in [-0.2, -0.15) is 5.10 Å². The molecule has 1 fully saturated rings. The number of benzene rings is 1. The Morgan fingerprint density at radius 3 is 2.83 bits per heavy atom. The van der Waals surface area contributed by atoms with E-state index >= 15 is 0 Å². The van der Waals surface area contributed by atoms with Gasteiger partial charge in [-0.05, 0) is 71.3 Å². The van der Waals surface area contributed by atoms with Crippen LogP contribution in [0, 0.1) is 12.8 Å². The summed E-state index contributed by atoms with van der Waals surface area (Å²) in [6.07, 6.45) is 8.35. The molecule has 2 aromatic rings. The van der Waals surface area contributed by atoms with Crippen LogP contribution in [0.5, 0.6) is 0 Å². The van der Waals surface area contributed by atoms with Crippen LogP contribution in [0.3, 0.4) is 0 Å². The van der Waals surface area contributed by atoms with Crippen LogP contribution in [0.15, 0.2) is 41.4 Å². The molecule has 2 heterocycles. The van der Waals surface area contributed by atoms with Gasteiger partial charge in [0.2, 0.25) is 0 Å². The van der Waals surface area contributed by atoms with Crippen molar-refractivity contribution in [3.8, 4) is 0 Å². The highest BCUT2D eigenvalue weighted by atomic mass is 32.2. The van der Waals surface area contributed by atoms with Crippen molar-refractivity contribution in [2.24, 2.45) is 16.6 Å². The van der Waals surface area contributed by atoms with Gasteiger partial charge in [-0.15, -0.1) is 0 Å². The topological polar surface area (TPSA) is 83.5 Å². The predicted octanol–water partition coefficient (Wildman–Crippen LogP) is 5.85. The summed E-state index contributed by atoms with van der Waals surface area (Å²) >= 11 is 1.60. The third-order valence-corrected chi connectivity index (χ3v) is 7.37. The van der Waals surface area contributed by atoms with E-state index in [-0.39, 0.29) is 12.1 Å². The smallest absolute Gasteiger partial charge is 0.154 e. The second-order valence-electron chi connectivity index (χ2n) is 9.92. The van der Waals surface area contributed by atoms with E-state index in [1.807, 2.05) is 18.0 Å². The van der Waals surface area contributed by atoms with Crippen LogP contribution in [0.4, 0.5) is 11.5 Å². The van der Waals surface area contributed by atoms with Gasteiger partial charge < -0.3 is 20.7 Å². The SMILES string of the molecule is C=Nc1cc(C2CCCCN2C(=C)c2cc(C)ccc2NSC)nn1/C=C(/C)CC(C)C(N)CNC. The largest absolute Gasteiger partial charge is 0.363 e. The zero-order valence-electron chi connectivity index (χ0n) is 22.6. The van der Waals surface area contributed by atoms with E-state index in [1.165, 1.54) is 11.1 Å². The maximum Gasteiger partial charge on any atom is 0.154 e. The van der Waals surface area contributed by atoms with Gasteiger partial charge in [-0.1, -0.05) is 42.7 Å². The molecule has 1 saturated heterocycles.